The molecular weight excluding hydrogens is 210 g/mol. The van der Waals surface area contributed by atoms with Gasteiger partial charge in [-0.05, 0) is 25.7 Å². The van der Waals surface area contributed by atoms with Gasteiger partial charge in [0.1, 0.15) is 0 Å². The zero-order chi connectivity index (χ0) is 11.3. The molecule has 1 fully saturated rings. The van der Waals surface area contributed by atoms with Crippen molar-refractivity contribution in [3.05, 3.63) is 0 Å². The van der Waals surface area contributed by atoms with Crippen LogP contribution in [0.25, 0.3) is 0 Å². The van der Waals surface area contributed by atoms with Crippen LogP contribution in [0.3, 0.4) is 0 Å². The summed E-state index contributed by atoms with van der Waals surface area (Å²) < 4.78 is 5.25. The Morgan fingerprint density at radius 2 is 2.33 bits per heavy atom. The van der Waals surface area contributed by atoms with E-state index in [2.05, 4.69) is 19.2 Å². The van der Waals surface area contributed by atoms with Gasteiger partial charge in [-0.1, -0.05) is 19.8 Å². The summed E-state index contributed by atoms with van der Waals surface area (Å²) in [4.78, 5) is 0. The van der Waals surface area contributed by atoms with Crippen molar-refractivity contribution in [2.45, 2.75) is 51.2 Å². The topological polar surface area (TPSA) is 21.3 Å². The van der Waals surface area contributed by atoms with Crippen molar-refractivity contribution in [3.63, 3.8) is 0 Å². The second kappa shape index (κ2) is 6.07. The van der Waals surface area contributed by atoms with Crippen LogP contribution in [0.4, 0.5) is 0 Å². The van der Waals surface area contributed by atoms with E-state index in [1.807, 2.05) is 0 Å². The van der Waals surface area contributed by atoms with Gasteiger partial charge in [0.2, 0.25) is 0 Å². The molecule has 3 heteroatoms. The Bertz CT molecular complexity index is 188. The fraction of sp³-hybridized carbons (Fsp3) is 1.00. The molecule has 0 aromatic heterocycles. The Hall–Kier alpha value is 0.210. The molecule has 1 aliphatic carbocycles. The summed E-state index contributed by atoms with van der Waals surface area (Å²) in [6.45, 7) is 5.30. The molecule has 15 heavy (non-hydrogen) atoms. The van der Waals surface area contributed by atoms with E-state index < -0.39 is 0 Å². The van der Waals surface area contributed by atoms with Crippen molar-refractivity contribution in [3.8, 4) is 0 Å². The third-order valence-electron chi connectivity index (χ3n) is 3.51. The number of alkyl halides is 1. The molecule has 0 saturated heterocycles. The maximum absolute atomic E-state index is 6.13. The van der Waals surface area contributed by atoms with Crippen molar-refractivity contribution < 1.29 is 4.74 Å². The van der Waals surface area contributed by atoms with Gasteiger partial charge in [-0.25, -0.2) is 0 Å². The third kappa shape index (κ3) is 3.93. The van der Waals surface area contributed by atoms with Crippen molar-refractivity contribution in [1.82, 2.24) is 5.32 Å². The van der Waals surface area contributed by atoms with Gasteiger partial charge in [0.05, 0.1) is 6.10 Å². The number of nitrogens with one attached hydrogen (secondary N) is 1. The van der Waals surface area contributed by atoms with E-state index in [1.54, 1.807) is 7.11 Å². The first-order valence-electron chi connectivity index (χ1n) is 5.95. The minimum atomic E-state index is 0.159. The quantitative estimate of drug-likeness (QED) is 0.738. The smallest absolute Gasteiger partial charge is 0.0667 e. The molecule has 0 aliphatic heterocycles. The van der Waals surface area contributed by atoms with Gasteiger partial charge in [-0.2, -0.15) is 0 Å². The zero-order valence-corrected chi connectivity index (χ0v) is 10.9. The Kier molecular flexibility index (Phi) is 5.37. The Balaban J connectivity index is 2.44. The molecule has 0 bridgehead atoms. The normalized spacial score (nSPS) is 34.0. The van der Waals surface area contributed by atoms with Crippen LogP contribution in [0.15, 0.2) is 0 Å². The third-order valence-corrected chi connectivity index (χ3v) is 4.03. The average molecular weight is 234 g/mol. The zero-order valence-electron chi connectivity index (χ0n) is 10.2. The van der Waals surface area contributed by atoms with Gasteiger partial charge < -0.3 is 10.1 Å². The van der Waals surface area contributed by atoms with Crippen LogP contribution in [0.1, 0.15) is 39.5 Å². The van der Waals surface area contributed by atoms with E-state index in [-0.39, 0.29) is 11.6 Å². The molecule has 3 unspecified atom stereocenters. The molecule has 0 radical (unpaired) electrons. The lowest BCUT2D eigenvalue weighted by molar-refractivity contribution is 0.0989. The molecule has 0 heterocycles. The first-order valence-corrected chi connectivity index (χ1v) is 6.49. The molecule has 1 aliphatic rings. The van der Waals surface area contributed by atoms with Crippen LogP contribution in [0.2, 0.25) is 0 Å². The summed E-state index contributed by atoms with van der Waals surface area (Å²) in [6.07, 6.45) is 5.31. The summed E-state index contributed by atoms with van der Waals surface area (Å²) in [5.74, 6) is 1.51. The lowest BCUT2D eigenvalue weighted by Crippen LogP contribution is -2.52. The monoisotopic (exact) mass is 233 g/mol. The van der Waals surface area contributed by atoms with E-state index in [4.69, 9.17) is 16.3 Å². The number of halogens is 1. The van der Waals surface area contributed by atoms with Gasteiger partial charge in [0.15, 0.2) is 0 Å². The van der Waals surface area contributed by atoms with Crippen molar-refractivity contribution >= 4 is 11.6 Å². The summed E-state index contributed by atoms with van der Waals surface area (Å²) in [6, 6.07) is 0. The first kappa shape index (κ1) is 13.3. The molecule has 1 rings (SSSR count). The molecule has 0 spiro atoms. The SMILES string of the molecule is COC(C)CNC1(CCl)CCCC(C)C1. The van der Waals surface area contributed by atoms with E-state index in [0.29, 0.717) is 5.88 Å². The van der Waals surface area contributed by atoms with Gasteiger partial charge in [0, 0.05) is 25.1 Å². The van der Waals surface area contributed by atoms with E-state index in [0.717, 1.165) is 12.5 Å². The minimum Gasteiger partial charge on any atom is -0.380 e. The predicted octanol–water partition coefficient (Wildman–Crippen LogP) is 2.80. The maximum Gasteiger partial charge on any atom is 0.0667 e. The van der Waals surface area contributed by atoms with Crippen LogP contribution in [0, 0.1) is 5.92 Å². The van der Waals surface area contributed by atoms with E-state index in [9.17, 15) is 0 Å². The Morgan fingerprint density at radius 3 is 2.87 bits per heavy atom. The highest BCUT2D eigenvalue weighted by atomic mass is 35.5. The predicted molar refractivity (Wildman–Crippen MR) is 65.6 cm³/mol. The highest BCUT2D eigenvalue weighted by Crippen LogP contribution is 2.33. The second-order valence-electron chi connectivity index (χ2n) is 5.04. The van der Waals surface area contributed by atoms with Crippen LogP contribution in [-0.4, -0.2) is 31.2 Å². The average Bonchev–Trinajstić information content (AvgIpc) is 2.26. The molecule has 3 atom stereocenters. The molecule has 1 saturated carbocycles. The van der Waals surface area contributed by atoms with Crippen molar-refractivity contribution in [1.29, 1.82) is 0 Å². The van der Waals surface area contributed by atoms with Crippen LogP contribution in [0.5, 0.6) is 0 Å². The number of methoxy groups -OCH3 is 1. The van der Waals surface area contributed by atoms with Crippen LogP contribution >= 0.6 is 11.6 Å². The lowest BCUT2D eigenvalue weighted by Gasteiger charge is -2.40. The number of hydrogen-bond donors (Lipinski definition) is 1. The molecular formula is C12H24ClNO. The fourth-order valence-corrected chi connectivity index (χ4v) is 2.77. The molecule has 0 amide bonds. The van der Waals surface area contributed by atoms with Crippen molar-refractivity contribution in [2.24, 2.45) is 5.92 Å². The van der Waals surface area contributed by atoms with Gasteiger partial charge >= 0.3 is 0 Å². The van der Waals surface area contributed by atoms with Crippen LogP contribution < -0.4 is 5.32 Å². The van der Waals surface area contributed by atoms with Gasteiger partial charge in [-0.15, -0.1) is 11.6 Å². The number of rotatable bonds is 5. The van der Waals surface area contributed by atoms with Crippen LogP contribution in [-0.2, 0) is 4.74 Å². The standard InChI is InChI=1S/C12H24ClNO/c1-10-5-4-6-12(7-10,9-13)14-8-11(2)15-3/h10-11,14H,4-9H2,1-3H3. The summed E-state index contributed by atoms with van der Waals surface area (Å²) in [5.41, 5.74) is 0.159. The molecule has 0 aromatic carbocycles. The Morgan fingerprint density at radius 1 is 1.60 bits per heavy atom. The molecule has 2 nitrogen and oxygen atoms in total. The highest BCUT2D eigenvalue weighted by Gasteiger charge is 2.33. The summed E-state index contributed by atoms with van der Waals surface area (Å²) >= 11 is 6.13. The van der Waals surface area contributed by atoms with Gasteiger partial charge in [0.25, 0.3) is 0 Å². The van der Waals surface area contributed by atoms with E-state index in [1.165, 1.54) is 25.7 Å². The fourth-order valence-electron chi connectivity index (χ4n) is 2.43. The largest absolute Gasteiger partial charge is 0.380 e. The maximum atomic E-state index is 6.13. The first-order chi connectivity index (χ1) is 7.12. The van der Waals surface area contributed by atoms with Crippen molar-refractivity contribution in [2.75, 3.05) is 19.5 Å². The molecule has 0 aromatic rings. The molecule has 90 valence electrons. The highest BCUT2D eigenvalue weighted by molar-refractivity contribution is 6.18. The summed E-state index contributed by atoms with van der Waals surface area (Å²) in [5, 5.41) is 3.61. The molecule has 1 N–H and O–H groups in total. The second-order valence-corrected chi connectivity index (χ2v) is 5.31. The van der Waals surface area contributed by atoms with Gasteiger partial charge in [-0.3, -0.25) is 0 Å². The Labute approximate surface area is 98.7 Å². The minimum absolute atomic E-state index is 0.159. The van der Waals surface area contributed by atoms with E-state index >= 15 is 0 Å². The number of ether oxygens (including phenoxy) is 1. The summed E-state index contributed by atoms with van der Waals surface area (Å²) in [7, 11) is 1.75. The lowest BCUT2D eigenvalue weighted by atomic mass is 9.77. The number of hydrogen-bond acceptors (Lipinski definition) is 2.